The van der Waals surface area contributed by atoms with Crippen LogP contribution in [0.15, 0.2) is 42.6 Å². The van der Waals surface area contributed by atoms with Gasteiger partial charge in [-0.15, -0.1) is 11.3 Å². The van der Waals surface area contributed by atoms with Gasteiger partial charge in [0.15, 0.2) is 0 Å². The van der Waals surface area contributed by atoms with E-state index in [1.807, 2.05) is 37.3 Å². The van der Waals surface area contributed by atoms with Crippen molar-refractivity contribution >= 4 is 44.8 Å². The number of nitriles is 1. The number of hydrogen-bond acceptors (Lipinski definition) is 7. The first-order valence-corrected chi connectivity index (χ1v) is 10.9. The Bertz CT molecular complexity index is 1380. The zero-order valence-electron chi connectivity index (χ0n) is 17.9. The number of carbonyl (C=O) groups is 1. The number of benzene rings is 1. The molecule has 8 heteroatoms. The van der Waals surface area contributed by atoms with Crippen LogP contribution in [-0.2, 0) is 0 Å². The van der Waals surface area contributed by atoms with Crippen molar-refractivity contribution in [2.45, 2.75) is 26.7 Å². The molecule has 7 nitrogen and oxygen atoms in total. The van der Waals surface area contributed by atoms with E-state index in [2.05, 4.69) is 35.2 Å². The Morgan fingerprint density at radius 2 is 1.91 bits per heavy atom. The average Bonchev–Trinajstić information content (AvgIpc) is 3.08. The van der Waals surface area contributed by atoms with Crippen LogP contribution in [0.25, 0.3) is 21.3 Å². The normalized spacial score (nSPS) is 11.0. The maximum absolute atomic E-state index is 13.0. The number of aromatic nitrogens is 2. The van der Waals surface area contributed by atoms with Gasteiger partial charge in [-0.05, 0) is 41.7 Å². The number of nitrogens with one attached hydrogen (secondary N) is 1. The molecule has 0 spiro atoms. The molecule has 4 rings (SSSR count). The number of aryl methyl sites for hydroxylation is 1. The fourth-order valence-electron chi connectivity index (χ4n) is 3.55. The highest BCUT2D eigenvalue weighted by molar-refractivity contribution is 7.21. The second-order valence-electron chi connectivity index (χ2n) is 7.83. The fraction of sp³-hybridized carbons (Fsp3) is 0.167. The van der Waals surface area contributed by atoms with Gasteiger partial charge in [0.1, 0.15) is 33.0 Å². The van der Waals surface area contributed by atoms with Gasteiger partial charge in [0, 0.05) is 17.1 Å². The molecule has 1 aromatic carbocycles. The van der Waals surface area contributed by atoms with Gasteiger partial charge in [-0.2, -0.15) is 5.26 Å². The number of nitrogens with two attached hydrogens (primary N) is 2. The Morgan fingerprint density at radius 3 is 2.53 bits per heavy atom. The van der Waals surface area contributed by atoms with Gasteiger partial charge in [0.25, 0.3) is 5.91 Å². The minimum absolute atomic E-state index is 0.108. The molecule has 4 aromatic rings. The highest BCUT2D eigenvalue weighted by Crippen LogP contribution is 2.43. The number of nitrogens with zero attached hydrogens (tertiary/aromatic N) is 3. The smallest absolute Gasteiger partial charge is 0.269 e. The summed E-state index contributed by atoms with van der Waals surface area (Å²) >= 11 is 1.14. The summed E-state index contributed by atoms with van der Waals surface area (Å²) in [5, 5.41) is 13.1. The molecule has 0 unspecified atom stereocenters. The van der Waals surface area contributed by atoms with Crippen LogP contribution in [0, 0.1) is 18.3 Å². The van der Waals surface area contributed by atoms with E-state index >= 15 is 0 Å². The molecule has 3 heterocycles. The predicted octanol–water partition coefficient (Wildman–Crippen LogP) is 5.08. The molecule has 5 N–H and O–H groups in total. The van der Waals surface area contributed by atoms with Gasteiger partial charge in [-0.25, -0.2) is 9.97 Å². The standard InChI is InChI=1S/C24H22N6OS/c1-12(2)14-4-6-15(7-5-14)18-16(11-25)22(27)30-24-19(18)20(26)21(32-24)23(31)29-17-10-13(3)8-9-28-17/h4-10,12H,26H2,1-3H3,(H2,27,30)(H,28,29,31). The molecule has 0 saturated heterocycles. The highest BCUT2D eigenvalue weighted by atomic mass is 32.1. The van der Waals surface area contributed by atoms with Gasteiger partial charge >= 0.3 is 0 Å². The molecule has 0 aliphatic carbocycles. The lowest BCUT2D eigenvalue weighted by molar-refractivity contribution is 0.103. The van der Waals surface area contributed by atoms with E-state index in [1.54, 1.807) is 12.3 Å². The van der Waals surface area contributed by atoms with Crippen molar-refractivity contribution in [3.8, 4) is 17.2 Å². The van der Waals surface area contributed by atoms with Crippen LogP contribution in [0.3, 0.4) is 0 Å². The van der Waals surface area contributed by atoms with E-state index in [9.17, 15) is 10.1 Å². The second-order valence-corrected chi connectivity index (χ2v) is 8.83. The first kappa shape index (κ1) is 21.3. The molecular formula is C24H22N6OS. The SMILES string of the molecule is Cc1ccnc(NC(=O)c2sc3nc(N)c(C#N)c(-c4ccc(C(C)C)cc4)c3c2N)c1. The van der Waals surface area contributed by atoms with Gasteiger partial charge < -0.3 is 16.8 Å². The van der Waals surface area contributed by atoms with Crippen LogP contribution in [0.1, 0.15) is 46.1 Å². The van der Waals surface area contributed by atoms with Crippen molar-refractivity contribution in [3.05, 3.63) is 64.2 Å². The quantitative estimate of drug-likeness (QED) is 0.404. The van der Waals surface area contributed by atoms with Crippen molar-refractivity contribution in [2.24, 2.45) is 0 Å². The third kappa shape index (κ3) is 3.74. The Kier molecular flexibility index (Phi) is 5.51. The van der Waals surface area contributed by atoms with Crippen molar-refractivity contribution in [2.75, 3.05) is 16.8 Å². The number of amides is 1. The summed E-state index contributed by atoms with van der Waals surface area (Å²) in [7, 11) is 0. The largest absolute Gasteiger partial charge is 0.397 e. The lowest BCUT2D eigenvalue weighted by Gasteiger charge is -2.11. The van der Waals surface area contributed by atoms with Crippen LogP contribution in [-0.4, -0.2) is 15.9 Å². The molecule has 0 bridgehead atoms. The second kappa shape index (κ2) is 8.29. The van der Waals surface area contributed by atoms with E-state index < -0.39 is 0 Å². The van der Waals surface area contributed by atoms with Crippen LogP contribution < -0.4 is 16.8 Å². The molecule has 0 saturated carbocycles. The van der Waals surface area contributed by atoms with E-state index in [0.717, 1.165) is 22.5 Å². The minimum Gasteiger partial charge on any atom is -0.397 e. The number of pyridine rings is 2. The molecule has 0 aliphatic heterocycles. The van der Waals surface area contributed by atoms with Gasteiger partial charge in [-0.3, -0.25) is 4.79 Å². The number of hydrogen-bond donors (Lipinski definition) is 3. The Labute approximate surface area is 189 Å². The highest BCUT2D eigenvalue weighted by Gasteiger charge is 2.24. The topological polar surface area (TPSA) is 131 Å². The molecule has 0 aliphatic rings. The number of rotatable bonds is 4. The maximum Gasteiger partial charge on any atom is 0.269 e. The molecule has 160 valence electrons. The van der Waals surface area contributed by atoms with E-state index in [1.165, 1.54) is 5.56 Å². The zero-order valence-corrected chi connectivity index (χ0v) is 18.7. The van der Waals surface area contributed by atoms with Gasteiger partial charge in [0.2, 0.25) is 0 Å². The monoisotopic (exact) mass is 442 g/mol. The van der Waals surface area contributed by atoms with E-state index in [0.29, 0.717) is 32.4 Å². The number of anilines is 3. The Balaban J connectivity index is 1.87. The summed E-state index contributed by atoms with van der Waals surface area (Å²) in [6.45, 7) is 6.14. The lowest BCUT2D eigenvalue weighted by Crippen LogP contribution is -2.13. The summed E-state index contributed by atoms with van der Waals surface area (Å²) in [5.41, 5.74) is 16.6. The average molecular weight is 443 g/mol. The van der Waals surface area contributed by atoms with Crippen LogP contribution in [0.5, 0.6) is 0 Å². The zero-order chi connectivity index (χ0) is 23.0. The Morgan fingerprint density at radius 1 is 1.19 bits per heavy atom. The van der Waals surface area contributed by atoms with E-state index in [4.69, 9.17) is 11.5 Å². The van der Waals surface area contributed by atoms with E-state index in [-0.39, 0.29) is 23.0 Å². The Hall–Kier alpha value is -3.96. The van der Waals surface area contributed by atoms with Crippen LogP contribution in [0.4, 0.5) is 17.3 Å². The number of carbonyl (C=O) groups excluding carboxylic acids is 1. The van der Waals surface area contributed by atoms with Gasteiger partial charge in [0.05, 0.1) is 5.69 Å². The van der Waals surface area contributed by atoms with Gasteiger partial charge in [-0.1, -0.05) is 38.1 Å². The fourth-order valence-corrected chi connectivity index (χ4v) is 4.56. The van der Waals surface area contributed by atoms with Crippen molar-refractivity contribution in [3.63, 3.8) is 0 Å². The summed E-state index contributed by atoms with van der Waals surface area (Å²) in [6, 6.07) is 13.7. The third-order valence-electron chi connectivity index (χ3n) is 5.25. The molecule has 0 radical (unpaired) electrons. The van der Waals surface area contributed by atoms with Crippen molar-refractivity contribution in [1.29, 1.82) is 5.26 Å². The van der Waals surface area contributed by atoms with Crippen LogP contribution in [0.2, 0.25) is 0 Å². The summed E-state index contributed by atoms with van der Waals surface area (Å²) in [6.07, 6.45) is 1.62. The number of fused-ring (bicyclic) bond motifs is 1. The first-order valence-electron chi connectivity index (χ1n) is 10.1. The minimum atomic E-state index is -0.387. The third-order valence-corrected chi connectivity index (χ3v) is 6.34. The predicted molar refractivity (Wildman–Crippen MR) is 130 cm³/mol. The van der Waals surface area contributed by atoms with Crippen molar-refractivity contribution in [1.82, 2.24) is 9.97 Å². The summed E-state index contributed by atoms with van der Waals surface area (Å²) in [4.78, 5) is 22.3. The molecule has 0 atom stereocenters. The number of nitrogen functional groups attached to an aromatic ring is 2. The number of thiophene rings is 1. The van der Waals surface area contributed by atoms with Crippen LogP contribution >= 0.6 is 11.3 Å². The molecule has 32 heavy (non-hydrogen) atoms. The first-order chi connectivity index (χ1) is 15.3. The molecule has 1 amide bonds. The lowest BCUT2D eigenvalue weighted by atomic mass is 9.94. The van der Waals surface area contributed by atoms with Crippen molar-refractivity contribution < 1.29 is 4.79 Å². The molecular weight excluding hydrogens is 420 g/mol. The summed E-state index contributed by atoms with van der Waals surface area (Å²) < 4.78 is 0. The molecule has 3 aromatic heterocycles. The maximum atomic E-state index is 13.0. The molecule has 0 fully saturated rings. The summed E-state index contributed by atoms with van der Waals surface area (Å²) in [5.74, 6) is 0.526.